The SMILES string of the molecule is COC(=O)C(CS)NC(=O)c1c(-c2cc(-c3cc(-c4c(C(C)C)cccc4C(C)C)cc(-c4c(C(C)C)cccc4C(C)C)c3)cc(-c3cc(-c4c(C(C)C)cccc4C(C)C)cc(-c4c(C(C)C)cccc4C(C)C)c3)c2)cccc1-c1cc(-c2cc(-c3c(C(C)C)cccc3C(C)C)cc(-c3c(C(C)C)cccc3C(C)C)c2)cc(-c2cc(-c3c(C(C)C)cccc3C(C)C)cc(-c3c(C(C)C)cccc3C(C)C)c2)c1. The molecule has 15 aromatic carbocycles. The zero-order valence-electron chi connectivity index (χ0n) is 95.2. The molecule has 148 heavy (non-hydrogen) atoms. The van der Waals surface area contributed by atoms with Gasteiger partial charge in [-0.05, 0) is 449 Å². The molecule has 0 spiro atoms. The van der Waals surface area contributed by atoms with E-state index in [0.717, 1.165) is 100 Å². The van der Waals surface area contributed by atoms with Gasteiger partial charge in [-0.25, -0.2) is 4.79 Å². The molecular weight excluding hydrogens is 1810 g/mol. The Morgan fingerprint density at radius 2 is 0.318 bits per heavy atom. The summed E-state index contributed by atoms with van der Waals surface area (Å²) in [7, 11) is 1.39. The first-order chi connectivity index (χ1) is 70.4. The van der Waals surface area contributed by atoms with Gasteiger partial charge in [0.05, 0.1) is 12.7 Å². The first-order valence-electron chi connectivity index (χ1n) is 55.5. The molecule has 15 rings (SSSR count). The Labute approximate surface area is 896 Å². The van der Waals surface area contributed by atoms with Crippen LogP contribution in [-0.2, 0) is 9.53 Å². The second kappa shape index (κ2) is 46.4. The number of methoxy groups -OCH3 is 1. The van der Waals surface area contributed by atoms with E-state index in [2.05, 4.69) is 500 Å². The maximum absolute atomic E-state index is 17.7. The highest BCUT2D eigenvalue weighted by Crippen LogP contribution is 2.54. The molecule has 0 fully saturated rings. The Morgan fingerprint density at radius 3 is 0.446 bits per heavy atom. The van der Waals surface area contributed by atoms with E-state index in [0.29, 0.717) is 16.7 Å². The summed E-state index contributed by atoms with van der Waals surface area (Å²) in [6, 6.07) is 105. The van der Waals surface area contributed by atoms with Gasteiger partial charge in [-0.3, -0.25) is 4.79 Å². The molecule has 0 aliphatic carbocycles. The van der Waals surface area contributed by atoms with E-state index < -0.39 is 17.9 Å². The Kier molecular flexibility index (Phi) is 34.4. The largest absolute Gasteiger partial charge is 0.467 e. The molecule has 1 unspecified atom stereocenters. The zero-order valence-corrected chi connectivity index (χ0v) is 96.1. The van der Waals surface area contributed by atoms with Crippen molar-refractivity contribution in [2.24, 2.45) is 0 Å². The Bertz CT molecular complexity index is 6060. The second-order valence-electron chi connectivity index (χ2n) is 47.2. The summed E-state index contributed by atoms with van der Waals surface area (Å²) in [6.45, 7) is 74.9. The highest BCUT2D eigenvalue weighted by atomic mass is 32.1. The van der Waals surface area contributed by atoms with Crippen molar-refractivity contribution in [2.45, 2.75) is 322 Å². The fourth-order valence-electron chi connectivity index (χ4n) is 23.5. The summed E-state index contributed by atoms with van der Waals surface area (Å²) in [5, 5.41) is 3.38. The van der Waals surface area contributed by atoms with E-state index in [-0.39, 0.29) is 100 Å². The van der Waals surface area contributed by atoms with Crippen molar-refractivity contribution in [2.75, 3.05) is 12.9 Å². The van der Waals surface area contributed by atoms with Gasteiger partial charge < -0.3 is 10.1 Å². The van der Waals surface area contributed by atoms with E-state index in [1.807, 2.05) is 0 Å². The van der Waals surface area contributed by atoms with E-state index >= 15 is 4.79 Å². The highest BCUT2D eigenvalue weighted by Gasteiger charge is 2.33. The maximum atomic E-state index is 17.7. The number of nitrogens with one attached hydrogen (secondary N) is 1. The number of thiol groups is 1. The van der Waals surface area contributed by atoms with Gasteiger partial charge >= 0.3 is 5.97 Å². The standard InChI is InChI=1S/C143H165NO3S/c1-80(2)114-43-34-44-115(81(3)4)133(114)106-67-100(68-107(75-106)134-116(82(5)6)45-35-46-117(134)83(7)8)96-61-97(101-69-108(135-118(84(9)10)47-36-48-119(135)85(11)12)76-109(70-101)136-120(86(13)14)49-37-50-121(136)87(15)16)64-104(63-96)130-59-42-60-131(141(130)142(145)144-132(79-148)143(146)147-33)105-65-98(102-71-110(137-122(88(17)18)51-38-52-123(137)89(19)20)77-111(72-102)138-124(90(21)22)53-39-54-125(138)91(23)24)62-99(66-105)103-73-112(139-126(92(25)26)55-40-56-127(139)93(27)28)78-113(74-103)140-128(94(29)30)57-41-58-129(140)95(31)32/h34-78,80-95,132,148H,79H2,1-33H3,(H,144,145). The smallest absolute Gasteiger partial charge is 0.329 e. The zero-order chi connectivity index (χ0) is 107. The third kappa shape index (κ3) is 22.7. The predicted octanol–water partition coefficient (Wildman–Crippen LogP) is 42.2. The molecule has 1 atom stereocenters. The van der Waals surface area contributed by atoms with Crippen LogP contribution in [0.4, 0.5) is 0 Å². The van der Waals surface area contributed by atoms with Gasteiger partial charge in [0, 0.05) is 5.75 Å². The molecular formula is C143H165NO3S. The normalized spacial score (nSPS) is 12.3. The first-order valence-corrected chi connectivity index (χ1v) is 56.1. The molecule has 766 valence electrons. The Hall–Kier alpha value is -12.4. The van der Waals surface area contributed by atoms with E-state index in [1.54, 1.807) is 0 Å². The average molecular weight is 1980 g/mol. The number of carbonyl (C=O) groups excluding carboxylic acids is 2. The minimum Gasteiger partial charge on any atom is -0.467 e. The van der Waals surface area contributed by atoms with E-state index in [1.165, 1.54) is 141 Å². The number of hydrogen-bond donors (Lipinski definition) is 2. The molecule has 0 saturated carbocycles. The lowest BCUT2D eigenvalue weighted by molar-refractivity contribution is -0.142. The van der Waals surface area contributed by atoms with Gasteiger partial charge in [-0.2, -0.15) is 12.6 Å². The number of ether oxygens (including phenoxy) is 1. The molecule has 15 aromatic rings. The third-order valence-electron chi connectivity index (χ3n) is 31.1. The van der Waals surface area contributed by atoms with Crippen LogP contribution in [0.15, 0.2) is 273 Å². The van der Waals surface area contributed by atoms with Crippen LogP contribution in [0, 0.1) is 0 Å². The summed E-state index contributed by atoms with van der Waals surface area (Å²) in [4.78, 5) is 32.4. The number of rotatable bonds is 34. The van der Waals surface area contributed by atoms with Gasteiger partial charge in [0.1, 0.15) is 6.04 Å². The van der Waals surface area contributed by atoms with Gasteiger partial charge in [-0.15, -0.1) is 0 Å². The predicted molar refractivity (Wildman–Crippen MR) is 645 cm³/mol. The number of benzene rings is 15. The molecule has 0 saturated heterocycles. The molecule has 0 aliphatic heterocycles. The minimum atomic E-state index is -1.14. The summed E-state index contributed by atoms with van der Waals surface area (Å²) >= 11 is 4.94. The molecule has 0 aliphatic rings. The van der Waals surface area contributed by atoms with Crippen molar-refractivity contribution in [3.8, 4) is 156 Å². The molecule has 0 heterocycles. The fraction of sp³-hybridized carbons (Fsp3) is 0.357. The van der Waals surface area contributed by atoms with Gasteiger partial charge in [0.25, 0.3) is 5.91 Å². The van der Waals surface area contributed by atoms with E-state index in [4.69, 9.17) is 17.4 Å². The number of esters is 1. The summed E-state index contributed by atoms with van der Waals surface area (Å²) in [6.07, 6.45) is 0. The summed E-state index contributed by atoms with van der Waals surface area (Å²) < 4.78 is 5.68. The van der Waals surface area contributed by atoms with Crippen LogP contribution in [0.3, 0.4) is 0 Å². The van der Waals surface area contributed by atoms with Crippen molar-refractivity contribution in [1.82, 2.24) is 5.32 Å². The average Bonchev–Trinajstić information content (AvgIpc) is 0.743. The van der Waals surface area contributed by atoms with Gasteiger partial charge in [-0.1, -0.05) is 385 Å². The van der Waals surface area contributed by atoms with Crippen LogP contribution in [0.2, 0.25) is 0 Å². The first kappa shape index (κ1) is 110. The lowest BCUT2D eigenvalue weighted by Gasteiger charge is -2.25. The van der Waals surface area contributed by atoms with Crippen LogP contribution >= 0.6 is 12.6 Å². The quantitative estimate of drug-likeness (QED) is 0.0312. The molecule has 0 aromatic heterocycles. The number of hydrogen-bond acceptors (Lipinski definition) is 4. The molecule has 5 heteroatoms. The second-order valence-corrected chi connectivity index (χ2v) is 47.6. The number of carbonyl (C=O) groups is 2. The molecule has 1 amide bonds. The van der Waals surface area contributed by atoms with Crippen LogP contribution in [0.5, 0.6) is 0 Å². The van der Waals surface area contributed by atoms with Crippen molar-refractivity contribution in [3.05, 3.63) is 368 Å². The molecule has 1 N–H and O–H groups in total. The van der Waals surface area contributed by atoms with Crippen molar-refractivity contribution in [3.63, 3.8) is 0 Å². The van der Waals surface area contributed by atoms with Gasteiger partial charge in [0.2, 0.25) is 0 Å². The van der Waals surface area contributed by atoms with Crippen LogP contribution in [0.25, 0.3) is 156 Å². The molecule has 0 radical (unpaired) electrons. The van der Waals surface area contributed by atoms with Gasteiger partial charge in [0.15, 0.2) is 0 Å². The summed E-state index contributed by atoms with van der Waals surface area (Å²) in [5.41, 5.74) is 51.6. The summed E-state index contributed by atoms with van der Waals surface area (Å²) in [5.74, 6) is 2.15. The monoisotopic (exact) mass is 1980 g/mol. The fourth-order valence-corrected chi connectivity index (χ4v) is 23.7. The van der Waals surface area contributed by atoms with Crippen LogP contribution < -0.4 is 5.32 Å². The molecule has 4 nitrogen and oxygen atoms in total. The topological polar surface area (TPSA) is 55.4 Å². The lowest BCUT2D eigenvalue weighted by atomic mass is 9.79. The Balaban J connectivity index is 1.17. The van der Waals surface area contributed by atoms with Crippen molar-refractivity contribution in [1.29, 1.82) is 0 Å². The van der Waals surface area contributed by atoms with Crippen LogP contribution in [-0.4, -0.2) is 30.8 Å². The third-order valence-corrected chi connectivity index (χ3v) is 31.5. The number of amides is 1. The van der Waals surface area contributed by atoms with Crippen molar-refractivity contribution >= 4 is 24.5 Å². The molecule has 0 bridgehead atoms. The minimum absolute atomic E-state index is 0.0223. The Morgan fingerprint density at radius 1 is 0.196 bits per heavy atom. The highest BCUT2D eigenvalue weighted by molar-refractivity contribution is 7.80. The lowest BCUT2D eigenvalue weighted by Crippen LogP contribution is -2.43. The maximum Gasteiger partial charge on any atom is 0.329 e. The van der Waals surface area contributed by atoms with Crippen molar-refractivity contribution < 1.29 is 14.3 Å². The van der Waals surface area contributed by atoms with Crippen LogP contribution in [0.1, 0.15) is 416 Å². The van der Waals surface area contributed by atoms with E-state index in [9.17, 15) is 4.79 Å².